The maximum atomic E-state index is 13.0. The molecule has 36 heavy (non-hydrogen) atoms. The highest BCUT2D eigenvalue weighted by atomic mass is 35.5. The Hall–Kier alpha value is -3.01. The number of nitrogens with one attached hydrogen (secondary N) is 4. The van der Waals surface area contributed by atoms with E-state index in [9.17, 15) is 4.79 Å². The van der Waals surface area contributed by atoms with Crippen molar-refractivity contribution < 1.29 is 9.53 Å². The summed E-state index contributed by atoms with van der Waals surface area (Å²) in [6, 6.07) is 10.8. The highest BCUT2D eigenvalue weighted by Gasteiger charge is 2.27. The quantitative estimate of drug-likeness (QED) is 0.216. The maximum Gasteiger partial charge on any atom is 0.293 e. The van der Waals surface area contributed by atoms with Crippen LogP contribution in [0.1, 0.15) is 41.9 Å². The van der Waals surface area contributed by atoms with E-state index in [-0.39, 0.29) is 48.7 Å². The first kappa shape index (κ1) is 29.2. The number of hydrogen-bond acceptors (Lipinski definition) is 6. The first-order valence-corrected chi connectivity index (χ1v) is 11.5. The van der Waals surface area contributed by atoms with Gasteiger partial charge in [0.05, 0.1) is 17.6 Å². The molecule has 2 atom stereocenters. The number of anilines is 2. The molecule has 1 saturated carbocycles. The average Bonchev–Trinajstić information content (AvgIpc) is 2.80. The summed E-state index contributed by atoms with van der Waals surface area (Å²) in [5, 5.41) is 18.2. The molecule has 1 fully saturated rings. The van der Waals surface area contributed by atoms with Crippen LogP contribution in [0.25, 0.3) is 10.9 Å². The van der Waals surface area contributed by atoms with Crippen molar-refractivity contribution >= 4 is 70.7 Å². The van der Waals surface area contributed by atoms with Crippen LogP contribution < -0.4 is 26.4 Å². The number of hydrogen-bond donors (Lipinski definition) is 5. The number of amides is 1. The SMILES string of the molecule is COc1ccc(NC(=O)c2nc(N[C@H]3CCCC[C@H]3NC(=N)N)c3cc(C)ccc3n2)cc1Cl.Cl.Cl. The summed E-state index contributed by atoms with van der Waals surface area (Å²) in [6.07, 6.45) is 3.91. The number of guanidine groups is 1. The van der Waals surface area contributed by atoms with Gasteiger partial charge in [0, 0.05) is 23.2 Å². The van der Waals surface area contributed by atoms with Gasteiger partial charge in [0.1, 0.15) is 11.6 Å². The summed E-state index contributed by atoms with van der Waals surface area (Å²) >= 11 is 6.19. The molecule has 0 spiro atoms. The lowest BCUT2D eigenvalue weighted by Gasteiger charge is -2.33. The van der Waals surface area contributed by atoms with E-state index in [1.807, 2.05) is 25.1 Å². The summed E-state index contributed by atoms with van der Waals surface area (Å²) in [5.41, 5.74) is 7.84. The number of halogens is 3. The number of methoxy groups -OCH3 is 1. The summed E-state index contributed by atoms with van der Waals surface area (Å²) in [4.78, 5) is 22.1. The maximum absolute atomic E-state index is 13.0. The summed E-state index contributed by atoms with van der Waals surface area (Å²) < 4.78 is 5.16. The molecule has 0 radical (unpaired) electrons. The highest BCUT2D eigenvalue weighted by molar-refractivity contribution is 6.32. The molecule has 6 N–H and O–H groups in total. The van der Waals surface area contributed by atoms with Crippen molar-refractivity contribution in [3.8, 4) is 5.75 Å². The van der Waals surface area contributed by atoms with E-state index in [2.05, 4.69) is 25.9 Å². The fraction of sp³-hybridized carbons (Fsp3) is 0.333. The Labute approximate surface area is 227 Å². The molecule has 1 aliphatic carbocycles. The number of benzene rings is 2. The minimum absolute atomic E-state index is 0. The summed E-state index contributed by atoms with van der Waals surface area (Å²) in [7, 11) is 1.53. The van der Waals surface area contributed by atoms with Crippen molar-refractivity contribution in [3.05, 3.63) is 52.8 Å². The molecular weight excluding hydrogens is 525 g/mol. The van der Waals surface area contributed by atoms with Gasteiger partial charge in [-0.15, -0.1) is 24.8 Å². The van der Waals surface area contributed by atoms with Gasteiger partial charge in [-0.25, -0.2) is 9.97 Å². The molecule has 3 aromatic rings. The number of ether oxygens (including phenoxy) is 1. The smallest absolute Gasteiger partial charge is 0.293 e. The second kappa shape index (κ2) is 12.8. The van der Waals surface area contributed by atoms with E-state index in [0.29, 0.717) is 27.8 Å². The van der Waals surface area contributed by atoms with Gasteiger partial charge in [-0.05, 0) is 50.1 Å². The molecule has 1 aromatic heterocycles. The van der Waals surface area contributed by atoms with E-state index < -0.39 is 5.91 Å². The molecule has 1 aliphatic rings. The Bertz CT molecular complexity index is 1240. The van der Waals surface area contributed by atoms with Crippen LogP contribution in [0, 0.1) is 12.3 Å². The van der Waals surface area contributed by atoms with Gasteiger partial charge >= 0.3 is 0 Å². The number of aromatic nitrogens is 2. The minimum Gasteiger partial charge on any atom is -0.495 e. The summed E-state index contributed by atoms with van der Waals surface area (Å²) in [6.45, 7) is 2.00. The second-order valence-electron chi connectivity index (χ2n) is 8.42. The molecule has 0 unspecified atom stereocenters. The van der Waals surface area contributed by atoms with Gasteiger partial charge in [0.25, 0.3) is 5.91 Å². The zero-order chi connectivity index (χ0) is 24.2. The molecule has 1 heterocycles. The van der Waals surface area contributed by atoms with Gasteiger partial charge in [0.15, 0.2) is 5.96 Å². The van der Waals surface area contributed by atoms with Crippen LogP contribution in [0.3, 0.4) is 0 Å². The van der Waals surface area contributed by atoms with Crippen LogP contribution in [0.5, 0.6) is 5.75 Å². The van der Waals surface area contributed by atoms with Crippen LogP contribution in [0.4, 0.5) is 11.5 Å². The van der Waals surface area contributed by atoms with Crippen molar-refractivity contribution in [1.82, 2.24) is 15.3 Å². The Morgan fingerprint density at radius 1 is 1.11 bits per heavy atom. The molecule has 0 aliphatic heterocycles. The number of rotatable bonds is 6. The van der Waals surface area contributed by atoms with Gasteiger partial charge in [-0.2, -0.15) is 0 Å². The van der Waals surface area contributed by atoms with Crippen molar-refractivity contribution in [1.29, 1.82) is 5.41 Å². The zero-order valence-electron chi connectivity index (χ0n) is 19.9. The highest BCUT2D eigenvalue weighted by Crippen LogP contribution is 2.29. The predicted octanol–water partition coefficient (Wildman–Crippen LogP) is 4.90. The zero-order valence-corrected chi connectivity index (χ0v) is 22.3. The van der Waals surface area contributed by atoms with E-state index in [4.69, 9.17) is 27.5 Å². The Balaban J connectivity index is 0.00000228. The molecule has 9 nitrogen and oxygen atoms in total. The van der Waals surface area contributed by atoms with E-state index >= 15 is 0 Å². The van der Waals surface area contributed by atoms with Crippen molar-refractivity contribution in [2.24, 2.45) is 5.73 Å². The van der Waals surface area contributed by atoms with Crippen LogP contribution in [-0.4, -0.2) is 41.0 Å². The first-order chi connectivity index (χ1) is 16.3. The minimum atomic E-state index is -0.450. The number of nitrogens with zero attached hydrogens (tertiary/aromatic N) is 2. The van der Waals surface area contributed by atoms with Crippen molar-refractivity contribution in [2.45, 2.75) is 44.7 Å². The number of carbonyl (C=O) groups is 1. The van der Waals surface area contributed by atoms with Gasteiger partial charge < -0.3 is 26.4 Å². The van der Waals surface area contributed by atoms with Crippen molar-refractivity contribution in [3.63, 3.8) is 0 Å². The van der Waals surface area contributed by atoms with Gasteiger partial charge in [-0.3, -0.25) is 10.2 Å². The molecule has 2 aromatic carbocycles. The largest absolute Gasteiger partial charge is 0.495 e. The molecule has 194 valence electrons. The lowest BCUT2D eigenvalue weighted by molar-refractivity contribution is 0.101. The molecular formula is C24H30Cl3N7O2. The van der Waals surface area contributed by atoms with E-state index in [0.717, 1.165) is 36.6 Å². The van der Waals surface area contributed by atoms with E-state index in [1.165, 1.54) is 7.11 Å². The third kappa shape index (κ3) is 6.81. The topological polar surface area (TPSA) is 138 Å². The fourth-order valence-electron chi connectivity index (χ4n) is 4.24. The molecule has 4 rings (SSSR count). The number of nitrogens with two attached hydrogens (primary N) is 1. The molecule has 0 saturated heterocycles. The fourth-order valence-corrected chi connectivity index (χ4v) is 4.49. The third-order valence-electron chi connectivity index (χ3n) is 5.89. The van der Waals surface area contributed by atoms with Crippen LogP contribution in [0.2, 0.25) is 5.02 Å². The third-order valence-corrected chi connectivity index (χ3v) is 6.19. The Kier molecular flexibility index (Phi) is 10.4. The number of aryl methyl sites for hydroxylation is 1. The predicted molar refractivity (Wildman–Crippen MR) is 149 cm³/mol. The molecule has 12 heteroatoms. The number of fused-ring (bicyclic) bond motifs is 1. The average molecular weight is 555 g/mol. The lowest BCUT2D eigenvalue weighted by atomic mass is 9.90. The van der Waals surface area contributed by atoms with Gasteiger partial charge in [-0.1, -0.05) is 36.1 Å². The van der Waals surface area contributed by atoms with Crippen LogP contribution in [-0.2, 0) is 0 Å². The standard InChI is InChI=1S/C24H28ClN7O2.2ClH/c1-13-7-9-17-15(11-13)21(30-18-5-3-4-6-19(18)31-24(26)27)32-22(29-17)23(33)28-14-8-10-20(34-2)16(25)12-14;;/h7-12,18-19H,3-6H2,1-2H3,(H,28,33)(H4,26,27,31)(H,29,30,32);2*1H/t18-,19+;;/m0../s1. The summed E-state index contributed by atoms with van der Waals surface area (Å²) in [5.74, 6) is 0.630. The normalized spacial score (nSPS) is 16.8. The monoisotopic (exact) mass is 553 g/mol. The van der Waals surface area contributed by atoms with Crippen LogP contribution in [0.15, 0.2) is 36.4 Å². The lowest BCUT2D eigenvalue weighted by Crippen LogP contribution is -2.50. The van der Waals surface area contributed by atoms with Crippen molar-refractivity contribution in [2.75, 3.05) is 17.7 Å². The van der Waals surface area contributed by atoms with Gasteiger partial charge in [0.2, 0.25) is 5.82 Å². The van der Waals surface area contributed by atoms with E-state index in [1.54, 1.807) is 18.2 Å². The number of carbonyl (C=O) groups excluding carboxylic acids is 1. The molecule has 1 amide bonds. The first-order valence-electron chi connectivity index (χ1n) is 11.1. The Morgan fingerprint density at radius 3 is 2.50 bits per heavy atom. The molecule has 0 bridgehead atoms. The Morgan fingerprint density at radius 2 is 1.83 bits per heavy atom. The second-order valence-corrected chi connectivity index (χ2v) is 8.83. The van der Waals surface area contributed by atoms with Crippen LogP contribution >= 0.6 is 36.4 Å².